The first-order valence-electron chi connectivity index (χ1n) is 7.90. The van der Waals surface area contributed by atoms with E-state index >= 15 is 0 Å². The number of nitrogens with one attached hydrogen (secondary N) is 1. The summed E-state index contributed by atoms with van der Waals surface area (Å²) in [4.78, 5) is 16.3. The van der Waals surface area contributed by atoms with Gasteiger partial charge in [0.2, 0.25) is 0 Å². The van der Waals surface area contributed by atoms with Crippen LogP contribution in [-0.2, 0) is 11.3 Å². The lowest BCUT2D eigenvalue weighted by Crippen LogP contribution is -2.28. The summed E-state index contributed by atoms with van der Waals surface area (Å²) in [6.45, 7) is 2.77. The van der Waals surface area contributed by atoms with Crippen molar-refractivity contribution in [2.75, 3.05) is 13.2 Å². The van der Waals surface area contributed by atoms with Crippen molar-refractivity contribution >= 4 is 23.2 Å². The molecule has 1 N–H and O–H groups in total. The molecule has 0 atom stereocenters. The van der Waals surface area contributed by atoms with E-state index in [-0.39, 0.29) is 12.5 Å². The highest BCUT2D eigenvalue weighted by Gasteiger charge is 2.07. The molecular formula is C18H18ClN3O3. The van der Waals surface area contributed by atoms with Crippen molar-refractivity contribution in [1.82, 2.24) is 14.7 Å². The largest absolute Gasteiger partial charge is 0.494 e. The number of carbonyl (C=O) groups excluding carboxylic acids is 1. The normalized spacial score (nSPS) is 10.6. The second-order valence-electron chi connectivity index (χ2n) is 5.28. The van der Waals surface area contributed by atoms with Crippen molar-refractivity contribution in [2.24, 2.45) is 0 Å². The van der Waals surface area contributed by atoms with E-state index < -0.39 is 0 Å². The maximum atomic E-state index is 11.9. The number of fused-ring (bicyclic) bond motifs is 1. The molecule has 0 spiro atoms. The summed E-state index contributed by atoms with van der Waals surface area (Å²) in [5.41, 5.74) is 1.46. The Labute approximate surface area is 150 Å². The molecule has 130 valence electrons. The molecule has 0 radical (unpaired) electrons. The van der Waals surface area contributed by atoms with E-state index in [9.17, 15) is 4.79 Å². The van der Waals surface area contributed by atoms with Crippen molar-refractivity contribution in [2.45, 2.75) is 13.5 Å². The number of carbonyl (C=O) groups is 1. The van der Waals surface area contributed by atoms with E-state index in [0.29, 0.717) is 24.1 Å². The molecular weight excluding hydrogens is 342 g/mol. The predicted octanol–water partition coefficient (Wildman–Crippen LogP) is 3.08. The molecule has 0 aliphatic heterocycles. The van der Waals surface area contributed by atoms with Crippen molar-refractivity contribution in [3.05, 3.63) is 59.5 Å². The molecule has 6 nitrogen and oxygen atoms in total. The van der Waals surface area contributed by atoms with Crippen LogP contribution in [-0.4, -0.2) is 28.5 Å². The van der Waals surface area contributed by atoms with E-state index in [0.717, 1.165) is 17.1 Å². The summed E-state index contributed by atoms with van der Waals surface area (Å²) in [6, 6.07) is 12.6. The lowest BCUT2D eigenvalue weighted by Gasteiger charge is -2.08. The Bertz CT molecular complexity index is 862. The van der Waals surface area contributed by atoms with E-state index in [2.05, 4.69) is 10.3 Å². The number of hydrogen-bond donors (Lipinski definition) is 1. The van der Waals surface area contributed by atoms with E-state index in [1.54, 1.807) is 40.9 Å². The number of halogens is 1. The topological polar surface area (TPSA) is 64.9 Å². The fourth-order valence-electron chi connectivity index (χ4n) is 2.30. The van der Waals surface area contributed by atoms with Crippen LogP contribution >= 0.6 is 11.6 Å². The number of pyridine rings is 1. The molecule has 0 saturated heterocycles. The molecule has 0 fully saturated rings. The minimum absolute atomic E-state index is 0.0674. The monoisotopic (exact) mass is 359 g/mol. The highest BCUT2D eigenvalue weighted by molar-refractivity contribution is 6.29. The molecule has 0 saturated carbocycles. The molecule has 2 aromatic heterocycles. The molecule has 1 amide bonds. The van der Waals surface area contributed by atoms with Gasteiger partial charge in [-0.25, -0.2) is 4.98 Å². The van der Waals surface area contributed by atoms with Gasteiger partial charge in [0, 0.05) is 6.20 Å². The highest BCUT2D eigenvalue weighted by atomic mass is 35.5. The maximum absolute atomic E-state index is 11.9. The summed E-state index contributed by atoms with van der Waals surface area (Å²) < 4.78 is 12.6. The molecule has 0 aliphatic rings. The smallest absolute Gasteiger partial charge is 0.258 e. The van der Waals surface area contributed by atoms with Crippen molar-refractivity contribution in [1.29, 1.82) is 0 Å². The van der Waals surface area contributed by atoms with E-state index in [4.69, 9.17) is 21.1 Å². The van der Waals surface area contributed by atoms with Gasteiger partial charge in [0.15, 0.2) is 6.61 Å². The van der Waals surface area contributed by atoms with Gasteiger partial charge in [-0.3, -0.25) is 9.20 Å². The molecule has 0 aliphatic carbocycles. The summed E-state index contributed by atoms with van der Waals surface area (Å²) in [5.74, 6) is 1.15. The molecule has 3 aromatic rings. The van der Waals surface area contributed by atoms with Crippen LogP contribution in [0.4, 0.5) is 0 Å². The first-order chi connectivity index (χ1) is 12.2. The Morgan fingerprint density at radius 1 is 1.16 bits per heavy atom. The van der Waals surface area contributed by atoms with Crippen LogP contribution in [0.5, 0.6) is 11.5 Å². The number of rotatable bonds is 7. The van der Waals surface area contributed by atoms with Gasteiger partial charge in [-0.2, -0.15) is 0 Å². The number of hydrogen-bond acceptors (Lipinski definition) is 4. The highest BCUT2D eigenvalue weighted by Crippen LogP contribution is 2.17. The number of nitrogens with zero attached hydrogens (tertiary/aromatic N) is 2. The van der Waals surface area contributed by atoms with Gasteiger partial charge in [-0.05, 0) is 43.3 Å². The number of aromatic nitrogens is 2. The number of benzene rings is 1. The van der Waals surface area contributed by atoms with Gasteiger partial charge in [0.05, 0.1) is 18.8 Å². The third-order valence-electron chi connectivity index (χ3n) is 3.46. The average molecular weight is 360 g/mol. The third-order valence-corrected chi connectivity index (χ3v) is 3.77. The van der Waals surface area contributed by atoms with Crippen LogP contribution < -0.4 is 14.8 Å². The predicted molar refractivity (Wildman–Crippen MR) is 95.2 cm³/mol. The second-order valence-corrected chi connectivity index (χ2v) is 5.67. The average Bonchev–Trinajstić information content (AvgIpc) is 3.04. The van der Waals surface area contributed by atoms with Crippen molar-refractivity contribution in [3.8, 4) is 11.5 Å². The van der Waals surface area contributed by atoms with Gasteiger partial charge in [0.25, 0.3) is 5.91 Å². The van der Waals surface area contributed by atoms with Gasteiger partial charge < -0.3 is 14.8 Å². The number of imidazole rings is 1. The quantitative estimate of drug-likeness (QED) is 0.658. The minimum atomic E-state index is -0.225. The minimum Gasteiger partial charge on any atom is -0.494 e. The van der Waals surface area contributed by atoms with Crippen LogP contribution in [0.3, 0.4) is 0 Å². The Morgan fingerprint density at radius 2 is 1.88 bits per heavy atom. The fourth-order valence-corrected chi connectivity index (χ4v) is 2.51. The Balaban J connectivity index is 1.49. The first-order valence-corrected chi connectivity index (χ1v) is 8.28. The standard InChI is InChI=1S/C18H18ClN3O3/c1-2-24-14-6-8-15(9-7-14)25-12-18(23)20-10-13-11-22-16(19)4-3-5-17(22)21-13/h3-9,11H,2,10,12H2,1H3,(H,20,23). The lowest BCUT2D eigenvalue weighted by molar-refractivity contribution is -0.123. The first kappa shape index (κ1) is 17.1. The molecule has 1 aromatic carbocycles. The van der Waals surface area contributed by atoms with Crippen molar-refractivity contribution in [3.63, 3.8) is 0 Å². The van der Waals surface area contributed by atoms with Crippen LogP contribution in [0.25, 0.3) is 5.65 Å². The summed E-state index contributed by atoms with van der Waals surface area (Å²) in [6.07, 6.45) is 1.80. The number of ether oxygens (including phenoxy) is 2. The van der Waals surface area contributed by atoms with Crippen LogP contribution in [0.2, 0.25) is 5.15 Å². The SMILES string of the molecule is CCOc1ccc(OCC(=O)NCc2cn3c(Cl)cccc3n2)cc1. The zero-order valence-electron chi connectivity index (χ0n) is 13.7. The molecule has 25 heavy (non-hydrogen) atoms. The summed E-state index contributed by atoms with van der Waals surface area (Å²) in [5, 5.41) is 3.34. The summed E-state index contributed by atoms with van der Waals surface area (Å²) in [7, 11) is 0. The van der Waals surface area contributed by atoms with Crippen LogP contribution in [0, 0.1) is 0 Å². The summed E-state index contributed by atoms with van der Waals surface area (Å²) >= 11 is 6.09. The zero-order valence-corrected chi connectivity index (χ0v) is 14.5. The zero-order chi connectivity index (χ0) is 17.6. The Hall–Kier alpha value is -2.73. The van der Waals surface area contributed by atoms with E-state index in [1.807, 2.05) is 19.1 Å². The maximum Gasteiger partial charge on any atom is 0.258 e. The molecule has 2 heterocycles. The lowest BCUT2D eigenvalue weighted by atomic mass is 10.3. The third kappa shape index (κ3) is 4.42. The fraction of sp³-hybridized carbons (Fsp3) is 0.222. The molecule has 0 unspecified atom stereocenters. The van der Waals surface area contributed by atoms with Gasteiger partial charge >= 0.3 is 0 Å². The van der Waals surface area contributed by atoms with Gasteiger partial charge in [-0.15, -0.1) is 0 Å². The molecule has 0 bridgehead atoms. The Morgan fingerprint density at radius 3 is 2.56 bits per heavy atom. The van der Waals surface area contributed by atoms with Crippen LogP contribution in [0.15, 0.2) is 48.7 Å². The van der Waals surface area contributed by atoms with Crippen LogP contribution in [0.1, 0.15) is 12.6 Å². The Kier molecular flexibility index (Phi) is 5.40. The second kappa shape index (κ2) is 7.90. The van der Waals surface area contributed by atoms with Gasteiger partial charge in [-0.1, -0.05) is 17.7 Å². The van der Waals surface area contributed by atoms with Crippen molar-refractivity contribution < 1.29 is 14.3 Å². The molecule has 7 heteroatoms. The van der Waals surface area contributed by atoms with E-state index in [1.165, 1.54) is 0 Å². The molecule has 3 rings (SSSR count). The van der Waals surface area contributed by atoms with Gasteiger partial charge in [0.1, 0.15) is 22.3 Å². The number of amides is 1.